The van der Waals surface area contributed by atoms with Crippen molar-refractivity contribution in [2.24, 2.45) is 0 Å². The summed E-state index contributed by atoms with van der Waals surface area (Å²) >= 11 is 13.6. The summed E-state index contributed by atoms with van der Waals surface area (Å²) in [5.74, 6) is -0.577. The fourth-order valence-electron chi connectivity index (χ4n) is 1.30. The number of nitrogens with one attached hydrogen (secondary N) is 1. The van der Waals surface area contributed by atoms with Crippen LogP contribution >= 0.6 is 45.8 Å². The van der Waals surface area contributed by atoms with E-state index >= 15 is 0 Å². The SMILES string of the molecule is O=C(Nc1ncnc(Cl)c1Cl)c1cc(I)ccc1O. The van der Waals surface area contributed by atoms with Crippen molar-refractivity contribution < 1.29 is 9.90 Å². The first-order chi connectivity index (χ1) is 8.99. The third-order valence-corrected chi connectivity index (χ3v) is 3.59. The summed E-state index contributed by atoms with van der Waals surface area (Å²) in [6, 6.07) is 4.66. The van der Waals surface area contributed by atoms with Crippen molar-refractivity contribution in [3.05, 3.63) is 43.8 Å². The standard InChI is InChI=1S/C11H6Cl2IN3O2/c12-8-9(13)15-4-16-10(8)17-11(19)6-3-5(14)1-2-7(6)18/h1-4,18H,(H,15,16,17,19). The second kappa shape index (κ2) is 5.89. The molecule has 0 aliphatic heterocycles. The third-order valence-electron chi connectivity index (χ3n) is 2.18. The van der Waals surface area contributed by atoms with Crippen molar-refractivity contribution in [1.29, 1.82) is 0 Å². The zero-order valence-corrected chi connectivity index (χ0v) is 12.9. The number of hydrogen-bond donors (Lipinski definition) is 2. The van der Waals surface area contributed by atoms with Crippen LogP contribution in [0.2, 0.25) is 10.2 Å². The number of hydrogen-bond acceptors (Lipinski definition) is 4. The first-order valence-electron chi connectivity index (χ1n) is 4.95. The van der Waals surface area contributed by atoms with E-state index in [2.05, 4.69) is 15.3 Å². The Hall–Kier alpha value is -1.12. The number of carbonyl (C=O) groups excluding carboxylic acids is 1. The molecule has 0 unspecified atom stereocenters. The Kier molecular flexibility index (Phi) is 4.43. The van der Waals surface area contributed by atoms with Gasteiger partial charge in [0.2, 0.25) is 0 Å². The Morgan fingerprint density at radius 2 is 2.05 bits per heavy atom. The maximum atomic E-state index is 12.0. The van der Waals surface area contributed by atoms with Crippen LogP contribution in [0, 0.1) is 3.57 Å². The fraction of sp³-hybridized carbons (Fsp3) is 0. The van der Waals surface area contributed by atoms with Crippen LogP contribution in [0.15, 0.2) is 24.5 Å². The molecule has 2 aromatic rings. The van der Waals surface area contributed by atoms with Gasteiger partial charge >= 0.3 is 0 Å². The summed E-state index contributed by atoms with van der Waals surface area (Å²) in [7, 11) is 0. The van der Waals surface area contributed by atoms with Crippen LogP contribution in [-0.4, -0.2) is 21.0 Å². The molecule has 1 heterocycles. The number of phenols is 1. The molecule has 0 spiro atoms. The molecule has 0 aliphatic carbocycles. The van der Waals surface area contributed by atoms with Gasteiger partial charge in [-0.3, -0.25) is 4.79 Å². The number of phenolic OH excluding ortho intramolecular Hbond substituents is 1. The first-order valence-corrected chi connectivity index (χ1v) is 6.78. The molecule has 98 valence electrons. The molecule has 0 aliphatic rings. The highest BCUT2D eigenvalue weighted by atomic mass is 127. The lowest BCUT2D eigenvalue weighted by atomic mass is 10.2. The van der Waals surface area contributed by atoms with E-state index in [1.165, 1.54) is 12.4 Å². The van der Waals surface area contributed by atoms with Crippen LogP contribution in [0.4, 0.5) is 5.82 Å². The Morgan fingerprint density at radius 3 is 2.79 bits per heavy atom. The molecule has 2 rings (SSSR count). The number of halogens is 3. The summed E-state index contributed by atoms with van der Waals surface area (Å²) in [6.07, 6.45) is 1.18. The second-order valence-corrected chi connectivity index (χ2v) is 5.42. The van der Waals surface area contributed by atoms with Crippen LogP contribution in [0.25, 0.3) is 0 Å². The minimum absolute atomic E-state index is 0.0406. The van der Waals surface area contributed by atoms with Crippen molar-refractivity contribution in [3.8, 4) is 5.75 Å². The quantitative estimate of drug-likeness (QED) is 0.589. The van der Waals surface area contributed by atoms with Crippen molar-refractivity contribution in [2.45, 2.75) is 0 Å². The smallest absolute Gasteiger partial charge is 0.260 e. The van der Waals surface area contributed by atoms with Gasteiger partial charge in [-0.25, -0.2) is 9.97 Å². The minimum Gasteiger partial charge on any atom is -0.507 e. The highest BCUT2D eigenvalue weighted by Crippen LogP contribution is 2.27. The second-order valence-electron chi connectivity index (χ2n) is 3.44. The highest BCUT2D eigenvalue weighted by molar-refractivity contribution is 14.1. The minimum atomic E-state index is -0.535. The predicted molar refractivity (Wildman–Crippen MR) is 80.8 cm³/mol. The first kappa shape index (κ1) is 14.3. The van der Waals surface area contributed by atoms with Gasteiger partial charge < -0.3 is 10.4 Å². The van der Waals surface area contributed by atoms with E-state index in [1.807, 2.05) is 22.6 Å². The third kappa shape index (κ3) is 3.26. The number of aromatic hydroxyl groups is 1. The molecule has 0 saturated heterocycles. The van der Waals surface area contributed by atoms with Crippen molar-refractivity contribution in [1.82, 2.24) is 9.97 Å². The average Bonchev–Trinajstić information content (AvgIpc) is 2.38. The topological polar surface area (TPSA) is 75.1 Å². The monoisotopic (exact) mass is 409 g/mol. The molecule has 0 fully saturated rings. The normalized spacial score (nSPS) is 10.3. The maximum absolute atomic E-state index is 12.0. The molecule has 0 radical (unpaired) electrons. The van der Waals surface area contributed by atoms with E-state index in [1.54, 1.807) is 12.1 Å². The summed E-state index contributed by atoms with van der Waals surface area (Å²) in [4.78, 5) is 19.5. The van der Waals surface area contributed by atoms with Gasteiger partial charge in [0.05, 0.1) is 5.56 Å². The molecule has 0 atom stereocenters. The Bertz CT molecular complexity index is 652. The molecule has 2 N–H and O–H groups in total. The summed E-state index contributed by atoms with van der Waals surface area (Å²) in [6.45, 7) is 0. The van der Waals surface area contributed by atoms with Crippen molar-refractivity contribution in [3.63, 3.8) is 0 Å². The number of aromatic nitrogens is 2. The van der Waals surface area contributed by atoms with Gasteiger partial charge in [-0.2, -0.15) is 0 Å². The number of amides is 1. The van der Waals surface area contributed by atoms with Gasteiger partial charge in [-0.15, -0.1) is 0 Å². The predicted octanol–water partition coefficient (Wildman–Crippen LogP) is 3.35. The van der Waals surface area contributed by atoms with Crippen LogP contribution in [0.1, 0.15) is 10.4 Å². The van der Waals surface area contributed by atoms with Crippen molar-refractivity contribution in [2.75, 3.05) is 5.32 Å². The van der Waals surface area contributed by atoms with Gasteiger partial charge in [0, 0.05) is 3.57 Å². The van der Waals surface area contributed by atoms with Crippen LogP contribution in [0.5, 0.6) is 5.75 Å². The van der Waals surface area contributed by atoms with E-state index < -0.39 is 5.91 Å². The van der Waals surface area contributed by atoms with Crippen LogP contribution in [-0.2, 0) is 0 Å². The molecule has 1 amide bonds. The molecule has 0 saturated carbocycles. The molecule has 1 aromatic carbocycles. The largest absolute Gasteiger partial charge is 0.507 e. The molecule has 0 bridgehead atoms. The molecule has 19 heavy (non-hydrogen) atoms. The maximum Gasteiger partial charge on any atom is 0.260 e. The summed E-state index contributed by atoms with van der Waals surface area (Å²) < 4.78 is 0.812. The van der Waals surface area contributed by atoms with Crippen LogP contribution in [0.3, 0.4) is 0 Å². The Labute approximate surface area is 132 Å². The van der Waals surface area contributed by atoms with Crippen LogP contribution < -0.4 is 5.32 Å². The average molecular weight is 410 g/mol. The Morgan fingerprint density at radius 1 is 1.32 bits per heavy atom. The fourth-order valence-corrected chi connectivity index (χ4v) is 2.07. The van der Waals surface area contributed by atoms with Gasteiger partial charge in [-0.1, -0.05) is 23.2 Å². The lowest BCUT2D eigenvalue weighted by Gasteiger charge is -2.08. The number of rotatable bonds is 2. The van der Waals surface area contributed by atoms with E-state index in [-0.39, 0.29) is 27.3 Å². The van der Waals surface area contributed by atoms with Gasteiger partial charge in [-0.05, 0) is 40.8 Å². The van der Waals surface area contributed by atoms with Gasteiger partial charge in [0.25, 0.3) is 5.91 Å². The van der Waals surface area contributed by atoms with E-state index in [4.69, 9.17) is 23.2 Å². The van der Waals surface area contributed by atoms with E-state index in [9.17, 15) is 9.90 Å². The van der Waals surface area contributed by atoms with Gasteiger partial charge in [0.1, 0.15) is 17.1 Å². The van der Waals surface area contributed by atoms with Crippen molar-refractivity contribution >= 4 is 57.5 Å². The van der Waals surface area contributed by atoms with E-state index in [0.717, 1.165) is 3.57 Å². The van der Waals surface area contributed by atoms with Gasteiger partial charge in [0.15, 0.2) is 11.0 Å². The molecule has 1 aromatic heterocycles. The zero-order chi connectivity index (χ0) is 14.0. The lowest BCUT2D eigenvalue weighted by molar-refractivity contribution is 0.102. The molecular formula is C11H6Cl2IN3O2. The number of nitrogens with zero attached hydrogens (tertiary/aromatic N) is 2. The lowest BCUT2D eigenvalue weighted by Crippen LogP contribution is -2.14. The number of anilines is 1. The summed E-state index contributed by atoms with van der Waals surface area (Å²) in [5.41, 5.74) is 0.123. The Balaban J connectivity index is 2.31. The summed E-state index contributed by atoms with van der Waals surface area (Å²) in [5, 5.41) is 12.2. The highest BCUT2D eigenvalue weighted by Gasteiger charge is 2.15. The molecule has 5 nitrogen and oxygen atoms in total. The molecular weight excluding hydrogens is 404 g/mol. The number of benzene rings is 1. The molecule has 8 heteroatoms. The number of carbonyl (C=O) groups is 1. The zero-order valence-electron chi connectivity index (χ0n) is 9.19. The van der Waals surface area contributed by atoms with E-state index in [0.29, 0.717) is 0 Å².